The fourth-order valence-electron chi connectivity index (χ4n) is 2.91. The van der Waals surface area contributed by atoms with Crippen molar-refractivity contribution in [1.29, 1.82) is 0 Å². The highest BCUT2D eigenvalue weighted by Gasteiger charge is 2.23. The lowest BCUT2D eigenvalue weighted by atomic mass is 10.1. The van der Waals surface area contributed by atoms with Crippen molar-refractivity contribution in [2.24, 2.45) is 0 Å². The van der Waals surface area contributed by atoms with Crippen molar-refractivity contribution in [3.8, 4) is 0 Å². The van der Waals surface area contributed by atoms with Crippen molar-refractivity contribution in [3.05, 3.63) is 63.7 Å². The van der Waals surface area contributed by atoms with Gasteiger partial charge in [0, 0.05) is 19.0 Å². The van der Waals surface area contributed by atoms with E-state index >= 15 is 0 Å². The summed E-state index contributed by atoms with van der Waals surface area (Å²) in [7, 11) is -2.41. The summed E-state index contributed by atoms with van der Waals surface area (Å²) in [6.45, 7) is 7.66. The molecule has 2 heterocycles. The second kappa shape index (κ2) is 9.86. The number of hydrogen-bond donors (Lipinski definition) is 2. The van der Waals surface area contributed by atoms with Gasteiger partial charge in [0.1, 0.15) is 5.82 Å². The molecule has 0 fully saturated rings. The van der Waals surface area contributed by atoms with E-state index < -0.39 is 15.9 Å². The minimum absolute atomic E-state index is 0.153. The van der Waals surface area contributed by atoms with E-state index in [0.717, 1.165) is 15.4 Å². The first-order valence-corrected chi connectivity index (χ1v) is 12.4. The quantitative estimate of drug-likeness (QED) is 0.351. The van der Waals surface area contributed by atoms with E-state index in [1.165, 1.54) is 18.4 Å². The molecule has 0 atom stereocenters. The molecular formula is C20H24N6O3S3. The number of anilines is 1. The number of nitrogens with one attached hydrogen (secondary N) is 2. The van der Waals surface area contributed by atoms with Crippen molar-refractivity contribution < 1.29 is 13.2 Å². The number of likely N-dealkylation sites (N-methyl/N-ethyl adjacent to an activating group) is 1. The third kappa shape index (κ3) is 5.38. The first-order valence-electron chi connectivity index (χ1n) is 9.64. The third-order valence-corrected chi connectivity index (χ3v) is 7.76. The minimum Gasteiger partial charge on any atom is -0.301 e. The van der Waals surface area contributed by atoms with E-state index in [-0.39, 0.29) is 11.4 Å². The molecule has 9 nitrogen and oxygen atoms in total. The Morgan fingerprint density at radius 1 is 1.38 bits per heavy atom. The predicted octanol–water partition coefficient (Wildman–Crippen LogP) is 3.05. The zero-order valence-corrected chi connectivity index (χ0v) is 20.4. The highest BCUT2D eigenvalue weighted by atomic mass is 32.2. The maximum atomic E-state index is 12.8. The van der Waals surface area contributed by atoms with Gasteiger partial charge in [-0.3, -0.25) is 14.5 Å². The number of H-pyrrole nitrogens is 1. The van der Waals surface area contributed by atoms with Crippen LogP contribution >= 0.6 is 23.6 Å². The van der Waals surface area contributed by atoms with Gasteiger partial charge in [-0.1, -0.05) is 12.1 Å². The number of aryl methyl sites for hydroxylation is 2. The summed E-state index contributed by atoms with van der Waals surface area (Å²) in [6.07, 6.45) is 2.15. The first-order chi connectivity index (χ1) is 15.1. The smallest absolute Gasteiger partial charge is 0.243 e. The molecule has 1 aromatic carbocycles. The van der Waals surface area contributed by atoms with Crippen molar-refractivity contribution >= 4 is 44.6 Å². The van der Waals surface area contributed by atoms with E-state index in [1.807, 2.05) is 18.4 Å². The van der Waals surface area contributed by atoms with Gasteiger partial charge in [0.2, 0.25) is 15.9 Å². The molecule has 0 aliphatic heterocycles. The first kappa shape index (κ1) is 24.0. The molecule has 3 rings (SSSR count). The Morgan fingerprint density at radius 2 is 2.12 bits per heavy atom. The van der Waals surface area contributed by atoms with Gasteiger partial charge in [0.15, 0.2) is 9.90 Å². The molecule has 0 aliphatic carbocycles. The molecular weight excluding hydrogens is 468 g/mol. The lowest BCUT2D eigenvalue weighted by Gasteiger charge is -2.17. The molecule has 3 aromatic rings. The highest BCUT2D eigenvalue weighted by molar-refractivity contribution is 7.89. The second-order valence-corrected chi connectivity index (χ2v) is 10.5. The van der Waals surface area contributed by atoms with Gasteiger partial charge in [0.05, 0.1) is 23.6 Å². The fourth-order valence-corrected chi connectivity index (χ4v) is 5.08. The molecule has 0 spiro atoms. The van der Waals surface area contributed by atoms with Gasteiger partial charge in [0.25, 0.3) is 0 Å². The SMILES string of the molecule is C=CCn1c(Cc2csc(NC(=O)CN(C)S(=O)(=O)c3ccc(C)c(C)c3)n2)n[nH]c1=S. The molecule has 32 heavy (non-hydrogen) atoms. The number of aromatic nitrogens is 4. The van der Waals surface area contributed by atoms with E-state index in [2.05, 4.69) is 27.1 Å². The molecule has 12 heteroatoms. The van der Waals surface area contributed by atoms with Crippen molar-refractivity contribution in [2.75, 3.05) is 18.9 Å². The van der Waals surface area contributed by atoms with Gasteiger partial charge < -0.3 is 5.32 Å². The molecule has 0 radical (unpaired) electrons. The number of sulfonamides is 1. The normalized spacial score (nSPS) is 11.6. The number of allylic oxidation sites excluding steroid dienone is 1. The van der Waals surface area contributed by atoms with Crippen LogP contribution in [0.2, 0.25) is 0 Å². The molecule has 0 saturated heterocycles. The molecule has 170 valence electrons. The number of benzene rings is 1. The number of nitrogens with zero attached hydrogens (tertiary/aromatic N) is 4. The van der Waals surface area contributed by atoms with Crippen LogP contribution in [-0.2, 0) is 27.8 Å². The van der Waals surface area contributed by atoms with Crippen LogP contribution in [0.4, 0.5) is 5.13 Å². The van der Waals surface area contributed by atoms with Crippen LogP contribution in [-0.4, -0.2) is 52.0 Å². The van der Waals surface area contributed by atoms with Crippen molar-refractivity contribution in [2.45, 2.75) is 31.7 Å². The van der Waals surface area contributed by atoms with E-state index in [1.54, 1.807) is 29.7 Å². The van der Waals surface area contributed by atoms with Crippen LogP contribution in [0.3, 0.4) is 0 Å². The van der Waals surface area contributed by atoms with Crippen LogP contribution < -0.4 is 5.32 Å². The zero-order chi connectivity index (χ0) is 23.5. The number of carbonyl (C=O) groups excluding carboxylic acids is 1. The Hall–Kier alpha value is -2.67. The van der Waals surface area contributed by atoms with Gasteiger partial charge in [-0.2, -0.15) is 9.40 Å². The summed E-state index contributed by atoms with van der Waals surface area (Å²) in [4.78, 5) is 17.0. The molecule has 0 saturated carbocycles. The molecule has 0 unspecified atom stereocenters. The molecule has 0 aliphatic rings. The summed E-state index contributed by atoms with van der Waals surface area (Å²) >= 11 is 6.46. The molecule has 0 bridgehead atoms. The Bertz CT molecular complexity index is 1310. The summed E-state index contributed by atoms with van der Waals surface area (Å²) < 4.78 is 28.9. The highest BCUT2D eigenvalue weighted by Crippen LogP contribution is 2.20. The van der Waals surface area contributed by atoms with Crippen LogP contribution in [0, 0.1) is 18.6 Å². The van der Waals surface area contributed by atoms with Crippen molar-refractivity contribution in [3.63, 3.8) is 0 Å². The number of hydrogen-bond acceptors (Lipinski definition) is 7. The zero-order valence-electron chi connectivity index (χ0n) is 18.0. The molecule has 2 N–H and O–H groups in total. The summed E-state index contributed by atoms with van der Waals surface area (Å²) in [5.74, 6) is 0.229. The predicted molar refractivity (Wildman–Crippen MR) is 127 cm³/mol. The minimum atomic E-state index is -3.79. The second-order valence-electron chi connectivity index (χ2n) is 7.22. The maximum absolute atomic E-state index is 12.8. The van der Waals surface area contributed by atoms with Crippen molar-refractivity contribution in [1.82, 2.24) is 24.1 Å². The lowest BCUT2D eigenvalue weighted by molar-refractivity contribution is -0.116. The summed E-state index contributed by atoms with van der Waals surface area (Å²) in [6, 6.07) is 4.90. The molecule has 2 aromatic heterocycles. The standard InChI is InChI=1S/C20H24N6O3S3/c1-5-8-26-17(23-24-20(26)30)10-15-12-31-19(21-15)22-18(27)11-25(4)32(28,29)16-7-6-13(2)14(3)9-16/h5-7,9,12H,1,8,10-11H2,2-4H3,(H,24,30)(H,21,22,27). The topological polar surface area (TPSA) is 113 Å². The van der Waals surface area contributed by atoms with Gasteiger partial charge in [-0.05, 0) is 49.3 Å². The van der Waals surface area contributed by atoms with Crippen LogP contribution in [0.5, 0.6) is 0 Å². The average molecular weight is 493 g/mol. The van der Waals surface area contributed by atoms with Crippen LogP contribution in [0.1, 0.15) is 22.6 Å². The van der Waals surface area contributed by atoms with E-state index in [4.69, 9.17) is 12.2 Å². The number of carbonyl (C=O) groups is 1. The Labute approximate surface area is 195 Å². The number of aromatic amines is 1. The largest absolute Gasteiger partial charge is 0.301 e. The van der Waals surface area contributed by atoms with E-state index in [9.17, 15) is 13.2 Å². The monoisotopic (exact) mass is 492 g/mol. The molecule has 1 amide bonds. The Morgan fingerprint density at radius 3 is 2.81 bits per heavy atom. The maximum Gasteiger partial charge on any atom is 0.243 e. The lowest BCUT2D eigenvalue weighted by Crippen LogP contribution is -2.35. The summed E-state index contributed by atoms with van der Waals surface area (Å²) in [5, 5.41) is 11.8. The third-order valence-electron chi connectivity index (χ3n) is 4.84. The number of thiazole rings is 1. The van der Waals surface area contributed by atoms with Crippen LogP contribution in [0.25, 0.3) is 0 Å². The average Bonchev–Trinajstić information content (AvgIpc) is 3.31. The Kier molecular flexibility index (Phi) is 7.39. The van der Waals surface area contributed by atoms with Crippen LogP contribution in [0.15, 0.2) is 41.1 Å². The van der Waals surface area contributed by atoms with E-state index in [0.29, 0.717) is 34.4 Å². The van der Waals surface area contributed by atoms with Gasteiger partial charge >= 0.3 is 0 Å². The van der Waals surface area contributed by atoms with Gasteiger partial charge in [-0.15, -0.1) is 17.9 Å². The Balaban J connectivity index is 1.64. The number of rotatable bonds is 9. The van der Waals surface area contributed by atoms with Gasteiger partial charge in [-0.25, -0.2) is 13.4 Å². The number of amides is 1. The summed E-state index contributed by atoms with van der Waals surface area (Å²) in [5.41, 5.74) is 2.58. The fraction of sp³-hybridized carbons (Fsp3) is 0.300.